The van der Waals surface area contributed by atoms with Crippen LogP contribution in [-0.2, 0) is 21.3 Å². The highest BCUT2D eigenvalue weighted by Crippen LogP contribution is 2.14. The molecule has 0 radical (unpaired) electrons. The van der Waals surface area contributed by atoms with Gasteiger partial charge in [-0.3, -0.25) is 4.68 Å². The van der Waals surface area contributed by atoms with E-state index in [9.17, 15) is 0 Å². The molecule has 0 saturated carbocycles. The molecule has 0 aliphatic rings. The molecule has 6 nitrogen and oxygen atoms in total. The molecule has 1 heterocycles. The van der Waals surface area contributed by atoms with Crippen LogP contribution in [0.3, 0.4) is 0 Å². The van der Waals surface area contributed by atoms with E-state index in [0.717, 1.165) is 18.6 Å². The normalized spacial score (nSPS) is 12.8. The Morgan fingerprint density at radius 1 is 1.33 bits per heavy atom. The van der Waals surface area contributed by atoms with Crippen molar-refractivity contribution in [3.8, 4) is 0 Å². The average Bonchev–Trinajstić information content (AvgIpc) is 2.79. The van der Waals surface area contributed by atoms with E-state index < -0.39 is 0 Å². The zero-order valence-corrected chi connectivity index (χ0v) is 11.2. The quantitative estimate of drug-likeness (QED) is 0.618. The summed E-state index contributed by atoms with van der Waals surface area (Å²) in [6.07, 6.45) is 4.48. The number of hydrogen-bond acceptors (Lipinski definition) is 5. The summed E-state index contributed by atoms with van der Waals surface area (Å²) in [4.78, 5) is 0. The lowest BCUT2D eigenvalue weighted by Gasteiger charge is -2.14. The van der Waals surface area contributed by atoms with Crippen LogP contribution < -0.4 is 5.73 Å². The molecule has 1 rings (SSSR count). The van der Waals surface area contributed by atoms with E-state index in [1.807, 2.05) is 13.2 Å². The largest absolute Gasteiger partial charge is 0.385 e. The van der Waals surface area contributed by atoms with E-state index >= 15 is 0 Å². The van der Waals surface area contributed by atoms with Crippen LogP contribution in [-0.4, -0.2) is 49.9 Å². The van der Waals surface area contributed by atoms with E-state index in [1.54, 1.807) is 18.0 Å². The Labute approximate surface area is 108 Å². The predicted molar refractivity (Wildman–Crippen MR) is 68.3 cm³/mol. The molecule has 18 heavy (non-hydrogen) atoms. The molecule has 6 heteroatoms. The van der Waals surface area contributed by atoms with Crippen molar-refractivity contribution >= 4 is 0 Å². The molecule has 0 spiro atoms. The molecule has 2 N–H and O–H groups in total. The van der Waals surface area contributed by atoms with Gasteiger partial charge in [0.25, 0.3) is 0 Å². The predicted octanol–water partition coefficient (Wildman–Crippen LogP) is 0.490. The maximum absolute atomic E-state index is 5.68. The first-order valence-corrected chi connectivity index (χ1v) is 6.14. The van der Waals surface area contributed by atoms with Crippen molar-refractivity contribution in [3.63, 3.8) is 0 Å². The number of aromatic nitrogens is 2. The Morgan fingerprint density at radius 3 is 2.78 bits per heavy atom. The Bertz CT molecular complexity index is 317. The van der Waals surface area contributed by atoms with Gasteiger partial charge in [0.1, 0.15) is 0 Å². The first-order valence-electron chi connectivity index (χ1n) is 6.14. The van der Waals surface area contributed by atoms with E-state index in [2.05, 4.69) is 5.10 Å². The van der Waals surface area contributed by atoms with Crippen LogP contribution in [0.25, 0.3) is 0 Å². The van der Waals surface area contributed by atoms with Crippen molar-refractivity contribution in [2.45, 2.75) is 12.5 Å². The molecule has 0 amide bonds. The minimum atomic E-state index is -0.110. The van der Waals surface area contributed by atoms with Gasteiger partial charge in [0.05, 0.1) is 25.5 Å². The van der Waals surface area contributed by atoms with Crippen LogP contribution in [0, 0.1) is 0 Å². The summed E-state index contributed by atoms with van der Waals surface area (Å²) in [5, 5.41) is 4.10. The number of nitrogens with two attached hydrogens (primary N) is 1. The Kier molecular flexibility index (Phi) is 7.59. The summed E-state index contributed by atoms with van der Waals surface area (Å²) in [6.45, 7) is 2.96. The molecule has 1 aromatic rings. The van der Waals surface area contributed by atoms with Crippen LogP contribution in [0.4, 0.5) is 0 Å². The van der Waals surface area contributed by atoms with Crippen LogP contribution >= 0.6 is 0 Å². The van der Waals surface area contributed by atoms with Crippen molar-refractivity contribution in [1.82, 2.24) is 9.78 Å². The first-order chi connectivity index (χ1) is 8.77. The van der Waals surface area contributed by atoms with E-state index in [-0.39, 0.29) is 6.10 Å². The molecule has 0 saturated heterocycles. The molecular weight excluding hydrogens is 234 g/mol. The maximum atomic E-state index is 5.68. The smallest absolute Gasteiger partial charge is 0.0978 e. The monoisotopic (exact) mass is 257 g/mol. The second-order valence-corrected chi connectivity index (χ2v) is 4.00. The number of methoxy groups -OCH3 is 1. The Hall–Kier alpha value is -0.950. The molecule has 0 aliphatic heterocycles. The molecule has 0 aliphatic carbocycles. The summed E-state index contributed by atoms with van der Waals surface area (Å²) in [7, 11) is 3.55. The van der Waals surface area contributed by atoms with Gasteiger partial charge in [0.2, 0.25) is 0 Å². The topological polar surface area (TPSA) is 71.5 Å². The van der Waals surface area contributed by atoms with Crippen LogP contribution in [0.1, 0.15) is 18.1 Å². The lowest BCUT2D eigenvalue weighted by molar-refractivity contribution is 0.00387. The third-order valence-corrected chi connectivity index (χ3v) is 2.49. The van der Waals surface area contributed by atoms with Crippen molar-refractivity contribution < 1.29 is 14.2 Å². The molecule has 0 fully saturated rings. The lowest BCUT2D eigenvalue weighted by atomic mass is 10.2. The van der Waals surface area contributed by atoms with Crippen LogP contribution in [0.15, 0.2) is 12.4 Å². The third kappa shape index (κ3) is 5.59. The van der Waals surface area contributed by atoms with Gasteiger partial charge in [-0.2, -0.15) is 5.10 Å². The first kappa shape index (κ1) is 15.1. The number of ether oxygens (including phenoxy) is 3. The number of nitrogens with zero attached hydrogens (tertiary/aromatic N) is 2. The summed E-state index contributed by atoms with van der Waals surface area (Å²) in [5.41, 5.74) is 6.67. The highest BCUT2D eigenvalue weighted by molar-refractivity contribution is 5.08. The fourth-order valence-corrected chi connectivity index (χ4v) is 1.56. The van der Waals surface area contributed by atoms with Gasteiger partial charge in [-0.15, -0.1) is 0 Å². The SMILES string of the molecule is COCCCOCCOC(CN)c1cnn(C)c1. The Morgan fingerprint density at radius 2 is 2.17 bits per heavy atom. The van der Waals surface area contributed by atoms with Gasteiger partial charge in [-0.05, 0) is 6.42 Å². The van der Waals surface area contributed by atoms with Crippen molar-refractivity contribution in [3.05, 3.63) is 18.0 Å². The van der Waals surface area contributed by atoms with E-state index in [0.29, 0.717) is 26.4 Å². The molecule has 0 aromatic carbocycles. The van der Waals surface area contributed by atoms with Gasteiger partial charge < -0.3 is 19.9 Å². The van der Waals surface area contributed by atoms with Crippen LogP contribution in [0.2, 0.25) is 0 Å². The fraction of sp³-hybridized carbons (Fsp3) is 0.750. The highest BCUT2D eigenvalue weighted by Gasteiger charge is 2.11. The molecule has 1 atom stereocenters. The summed E-state index contributed by atoms with van der Waals surface area (Å²) < 4.78 is 17.7. The second kappa shape index (κ2) is 9.04. The molecule has 1 unspecified atom stereocenters. The zero-order valence-electron chi connectivity index (χ0n) is 11.2. The number of aryl methyl sites for hydroxylation is 1. The van der Waals surface area contributed by atoms with Gasteiger partial charge in [0.15, 0.2) is 0 Å². The van der Waals surface area contributed by atoms with Crippen LogP contribution in [0.5, 0.6) is 0 Å². The van der Waals surface area contributed by atoms with Gasteiger partial charge in [-0.25, -0.2) is 0 Å². The highest BCUT2D eigenvalue weighted by atomic mass is 16.5. The summed E-state index contributed by atoms with van der Waals surface area (Å²) in [6, 6.07) is 0. The van der Waals surface area contributed by atoms with Crippen molar-refractivity contribution in [2.24, 2.45) is 12.8 Å². The van der Waals surface area contributed by atoms with Crippen molar-refractivity contribution in [1.29, 1.82) is 0 Å². The number of hydrogen-bond donors (Lipinski definition) is 1. The van der Waals surface area contributed by atoms with E-state index in [1.165, 1.54) is 0 Å². The van der Waals surface area contributed by atoms with Gasteiger partial charge >= 0.3 is 0 Å². The molecular formula is C12H23N3O3. The molecule has 104 valence electrons. The minimum Gasteiger partial charge on any atom is -0.385 e. The third-order valence-electron chi connectivity index (χ3n) is 2.49. The van der Waals surface area contributed by atoms with Crippen molar-refractivity contribution in [2.75, 3.05) is 40.1 Å². The lowest BCUT2D eigenvalue weighted by Crippen LogP contribution is -2.18. The Balaban J connectivity index is 2.13. The van der Waals surface area contributed by atoms with Gasteiger partial charge in [0, 0.05) is 45.7 Å². The average molecular weight is 257 g/mol. The molecule has 0 bridgehead atoms. The standard InChI is InChI=1S/C12H23N3O3/c1-15-10-11(9-14-15)12(8-13)18-7-6-17-5-3-4-16-2/h9-10,12H,3-8,13H2,1-2H3. The minimum absolute atomic E-state index is 0.110. The summed E-state index contributed by atoms with van der Waals surface area (Å²) in [5.74, 6) is 0. The summed E-state index contributed by atoms with van der Waals surface area (Å²) >= 11 is 0. The van der Waals surface area contributed by atoms with Gasteiger partial charge in [-0.1, -0.05) is 0 Å². The maximum Gasteiger partial charge on any atom is 0.0978 e. The number of rotatable bonds is 10. The molecule has 1 aromatic heterocycles. The van der Waals surface area contributed by atoms with E-state index in [4.69, 9.17) is 19.9 Å². The second-order valence-electron chi connectivity index (χ2n) is 4.00. The zero-order chi connectivity index (χ0) is 13.2. The fourth-order valence-electron chi connectivity index (χ4n) is 1.56.